The van der Waals surface area contributed by atoms with Crippen molar-refractivity contribution in [2.45, 2.75) is 51.7 Å². The number of ether oxygens (including phenoxy) is 1. The molecule has 1 aliphatic carbocycles. The summed E-state index contributed by atoms with van der Waals surface area (Å²) >= 11 is 0. The van der Waals surface area contributed by atoms with E-state index in [1.807, 2.05) is 9.47 Å². The number of anilines is 1. The van der Waals surface area contributed by atoms with Crippen molar-refractivity contribution in [2.24, 2.45) is 5.92 Å². The van der Waals surface area contributed by atoms with Crippen LogP contribution in [0.2, 0.25) is 0 Å². The molecule has 3 aromatic rings. The van der Waals surface area contributed by atoms with Crippen molar-refractivity contribution in [1.82, 2.24) is 14.5 Å². The van der Waals surface area contributed by atoms with E-state index in [9.17, 15) is 14.0 Å². The van der Waals surface area contributed by atoms with Crippen LogP contribution in [0.4, 0.5) is 10.1 Å². The second-order valence-electron chi connectivity index (χ2n) is 9.71. The molecule has 35 heavy (non-hydrogen) atoms. The van der Waals surface area contributed by atoms with Crippen LogP contribution in [0.3, 0.4) is 0 Å². The number of nitrogens with zero attached hydrogens (tertiary/aromatic N) is 3. The van der Waals surface area contributed by atoms with Gasteiger partial charge < -0.3 is 19.5 Å². The maximum atomic E-state index is 13.7. The van der Waals surface area contributed by atoms with Crippen molar-refractivity contribution in [3.63, 3.8) is 0 Å². The Kier molecular flexibility index (Phi) is 6.81. The highest BCUT2D eigenvalue weighted by Crippen LogP contribution is 2.30. The van der Waals surface area contributed by atoms with Crippen molar-refractivity contribution < 1.29 is 18.7 Å². The van der Waals surface area contributed by atoms with E-state index in [1.165, 1.54) is 25.5 Å². The van der Waals surface area contributed by atoms with Gasteiger partial charge in [-0.15, -0.1) is 0 Å². The Morgan fingerprint density at radius 1 is 1.14 bits per heavy atom. The maximum absolute atomic E-state index is 13.7. The first kappa shape index (κ1) is 23.5. The predicted octanol–water partition coefficient (Wildman–Crippen LogP) is 4.60. The van der Waals surface area contributed by atoms with Gasteiger partial charge >= 0.3 is 0 Å². The van der Waals surface area contributed by atoms with Crippen LogP contribution in [-0.2, 0) is 16.1 Å². The van der Waals surface area contributed by atoms with Gasteiger partial charge in [-0.1, -0.05) is 18.6 Å². The van der Waals surface area contributed by atoms with Gasteiger partial charge in [-0.2, -0.15) is 0 Å². The Bertz CT molecular complexity index is 1210. The summed E-state index contributed by atoms with van der Waals surface area (Å²) in [5.41, 5.74) is 3.31. The summed E-state index contributed by atoms with van der Waals surface area (Å²) < 4.78 is 21.1. The molecule has 1 aliphatic heterocycles. The highest BCUT2D eigenvalue weighted by atomic mass is 19.1. The summed E-state index contributed by atoms with van der Waals surface area (Å²) in [4.78, 5) is 32.2. The number of amides is 2. The summed E-state index contributed by atoms with van der Waals surface area (Å²) in [5.74, 6) is -0.0419. The average molecular weight is 479 g/mol. The van der Waals surface area contributed by atoms with Gasteiger partial charge in [-0.25, -0.2) is 9.37 Å². The number of rotatable bonds is 8. The fourth-order valence-corrected chi connectivity index (χ4v) is 4.97. The Hall–Kier alpha value is -3.26. The fourth-order valence-electron chi connectivity index (χ4n) is 4.97. The molecule has 0 radical (unpaired) electrons. The summed E-state index contributed by atoms with van der Waals surface area (Å²) in [6, 6.07) is 9.84. The molecule has 2 fully saturated rings. The third-order valence-corrected chi connectivity index (χ3v) is 6.98. The highest BCUT2D eigenvalue weighted by Gasteiger charge is 2.29. The lowest BCUT2D eigenvalue weighted by molar-refractivity contribution is -0.114. The van der Waals surface area contributed by atoms with Crippen LogP contribution >= 0.6 is 0 Å². The largest absolute Gasteiger partial charge is 0.376 e. The number of aromatic nitrogens is 2. The number of carbonyl (C=O) groups excluding carboxylic acids is 2. The predicted molar refractivity (Wildman–Crippen MR) is 132 cm³/mol. The fraction of sp³-hybridized carbons (Fsp3) is 0.444. The van der Waals surface area contributed by atoms with E-state index in [0.717, 1.165) is 49.9 Å². The molecule has 1 atom stereocenters. The molecule has 7 nitrogen and oxygen atoms in total. The smallest absolute Gasteiger partial charge is 0.254 e. The molecule has 184 valence electrons. The summed E-state index contributed by atoms with van der Waals surface area (Å²) in [5, 5.41) is 2.88. The zero-order valence-electron chi connectivity index (χ0n) is 20.0. The number of hydrogen-bond donors (Lipinski definition) is 1. The normalized spacial score (nSPS) is 17.9. The molecule has 2 amide bonds. The van der Waals surface area contributed by atoms with Crippen LogP contribution in [0.5, 0.6) is 0 Å². The highest BCUT2D eigenvalue weighted by molar-refractivity contribution is 6.05. The first-order valence-electron chi connectivity index (χ1n) is 12.4. The number of fused-ring (bicyclic) bond motifs is 1. The number of hydrogen-bond acceptors (Lipinski definition) is 4. The first-order chi connectivity index (χ1) is 17.0. The Balaban J connectivity index is 1.47. The first-order valence-corrected chi connectivity index (χ1v) is 12.4. The van der Waals surface area contributed by atoms with Crippen LogP contribution in [0, 0.1) is 11.7 Å². The van der Waals surface area contributed by atoms with Crippen molar-refractivity contribution in [2.75, 3.05) is 25.0 Å². The van der Waals surface area contributed by atoms with E-state index < -0.39 is 0 Å². The number of benzene rings is 2. The van der Waals surface area contributed by atoms with Crippen molar-refractivity contribution in [1.29, 1.82) is 0 Å². The van der Waals surface area contributed by atoms with Crippen LogP contribution in [0.15, 0.2) is 42.7 Å². The molecule has 1 N–H and O–H groups in total. The van der Waals surface area contributed by atoms with Crippen LogP contribution in [0.25, 0.3) is 11.0 Å². The van der Waals surface area contributed by atoms with Gasteiger partial charge in [0.25, 0.3) is 5.91 Å². The molecular weight excluding hydrogens is 447 g/mol. The minimum absolute atomic E-state index is 0.0611. The Morgan fingerprint density at radius 3 is 2.60 bits per heavy atom. The Labute approximate surface area is 204 Å². The lowest BCUT2D eigenvalue weighted by Gasteiger charge is -2.33. The van der Waals surface area contributed by atoms with E-state index in [4.69, 9.17) is 4.74 Å². The van der Waals surface area contributed by atoms with Crippen molar-refractivity contribution >= 4 is 28.5 Å². The summed E-state index contributed by atoms with van der Waals surface area (Å²) in [6.07, 6.45) is 7.28. The summed E-state index contributed by atoms with van der Waals surface area (Å²) in [6.45, 7) is 3.97. The molecule has 1 saturated heterocycles. The van der Waals surface area contributed by atoms with Crippen LogP contribution in [-0.4, -0.2) is 52.1 Å². The van der Waals surface area contributed by atoms with Crippen LogP contribution < -0.4 is 5.32 Å². The molecule has 0 bridgehead atoms. The van der Waals surface area contributed by atoms with Crippen molar-refractivity contribution in [3.8, 4) is 0 Å². The quantitative estimate of drug-likeness (QED) is 0.513. The van der Waals surface area contributed by atoms with E-state index >= 15 is 0 Å². The van der Waals surface area contributed by atoms with E-state index in [2.05, 4.69) is 10.3 Å². The van der Waals surface area contributed by atoms with Gasteiger partial charge in [0.05, 0.1) is 29.2 Å². The summed E-state index contributed by atoms with van der Waals surface area (Å²) in [7, 11) is 0. The molecule has 2 heterocycles. The second-order valence-corrected chi connectivity index (χ2v) is 9.71. The minimum Gasteiger partial charge on any atom is -0.376 e. The molecular formula is C27H31FN4O3. The molecule has 8 heteroatoms. The van der Waals surface area contributed by atoms with Crippen molar-refractivity contribution in [3.05, 3.63) is 59.7 Å². The van der Waals surface area contributed by atoms with E-state index in [-0.39, 0.29) is 23.7 Å². The molecule has 1 aromatic heterocycles. The van der Waals surface area contributed by atoms with Crippen LogP contribution in [0.1, 0.15) is 54.9 Å². The van der Waals surface area contributed by atoms with Gasteiger partial charge in [-0.3, -0.25) is 9.59 Å². The molecule has 2 aliphatic rings. The number of halogens is 1. The third kappa shape index (κ3) is 5.37. The van der Waals surface area contributed by atoms with E-state index in [0.29, 0.717) is 35.8 Å². The number of carbonyl (C=O) groups is 2. The van der Waals surface area contributed by atoms with Gasteiger partial charge in [0.15, 0.2) is 0 Å². The number of nitrogens with one attached hydrogen (secondary N) is 1. The Morgan fingerprint density at radius 2 is 1.94 bits per heavy atom. The van der Waals surface area contributed by atoms with Gasteiger partial charge in [-0.05, 0) is 61.4 Å². The standard InChI is InChI=1S/C27H31FN4O3/c1-18(33)30-25-13-21(27(34)31(14-19-4-2-5-19)16-23-6-3-11-35-23)12-24-26(25)32(17-29-24)15-20-7-9-22(28)10-8-20/h7-10,12-13,17,19,23H,2-6,11,14-16H2,1H3,(H,30,33). The van der Waals surface area contributed by atoms with Gasteiger partial charge in [0, 0.05) is 38.7 Å². The van der Waals surface area contributed by atoms with Gasteiger partial charge in [0.2, 0.25) is 5.91 Å². The zero-order valence-corrected chi connectivity index (χ0v) is 20.0. The minimum atomic E-state index is -0.291. The lowest BCUT2D eigenvalue weighted by atomic mass is 9.85. The molecule has 1 saturated carbocycles. The van der Waals surface area contributed by atoms with E-state index in [1.54, 1.807) is 30.6 Å². The number of imidazole rings is 1. The molecule has 5 rings (SSSR count). The maximum Gasteiger partial charge on any atom is 0.254 e. The van der Waals surface area contributed by atoms with Gasteiger partial charge in [0.1, 0.15) is 5.82 Å². The monoisotopic (exact) mass is 478 g/mol. The molecule has 2 aromatic carbocycles. The third-order valence-electron chi connectivity index (χ3n) is 6.98. The zero-order chi connectivity index (χ0) is 24.4. The molecule has 1 unspecified atom stereocenters. The lowest BCUT2D eigenvalue weighted by Crippen LogP contribution is -2.41. The average Bonchev–Trinajstić information content (AvgIpc) is 3.46. The second kappa shape index (κ2) is 10.2. The molecule has 0 spiro atoms. The topological polar surface area (TPSA) is 76.5 Å². The SMILES string of the molecule is CC(=O)Nc1cc(C(=O)N(CC2CCC2)CC2CCCO2)cc2ncn(Cc3ccc(F)cc3)c12.